The molecule has 1 fully saturated rings. The third-order valence-electron chi connectivity index (χ3n) is 4.13. The third-order valence-corrected chi connectivity index (χ3v) is 4.13. The van der Waals surface area contributed by atoms with Crippen molar-refractivity contribution in [2.75, 3.05) is 13.7 Å². The van der Waals surface area contributed by atoms with Gasteiger partial charge in [-0.3, -0.25) is 4.98 Å². The Hall–Kier alpha value is -1.09. The number of rotatable bonds is 6. The lowest BCUT2D eigenvalue weighted by atomic mass is 9.96. The van der Waals surface area contributed by atoms with Crippen molar-refractivity contribution in [1.82, 2.24) is 10.3 Å². The Morgan fingerprint density at radius 1 is 1.37 bits per heavy atom. The van der Waals surface area contributed by atoms with E-state index in [1.807, 2.05) is 6.20 Å². The molecule has 0 aromatic carbocycles. The molecule has 106 valence electrons. The number of hydrogen-bond donors (Lipinski definition) is 1. The minimum absolute atomic E-state index is 0.433. The van der Waals surface area contributed by atoms with E-state index in [2.05, 4.69) is 38.0 Å². The van der Waals surface area contributed by atoms with Crippen LogP contribution in [0.3, 0.4) is 0 Å². The van der Waals surface area contributed by atoms with Crippen LogP contribution in [0.15, 0.2) is 6.20 Å². The molecule has 1 aromatic heterocycles. The Labute approximate surface area is 116 Å². The smallest absolute Gasteiger partial charge is 0.128 e. The first-order chi connectivity index (χ1) is 8.97. The minimum atomic E-state index is 0.433. The average molecular weight is 262 g/mol. The van der Waals surface area contributed by atoms with Crippen molar-refractivity contribution in [2.45, 2.75) is 53.0 Å². The molecule has 1 heterocycles. The fourth-order valence-electron chi connectivity index (χ4n) is 2.62. The molecule has 3 heteroatoms. The molecule has 0 radical (unpaired) electrons. The second-order valence-electron chi connectivity index (χ2n) is 6.26. The highest BCUT2D eigenvalue weighted by atomic mass is 16.5. The molecule has 19 heavy (non-hydrogen) atoms. The van der Waals surface area contributed by atoms with Crippen molar-refractivity contribution < 1.29 is 4.74 Å². The standard InChI is InChI=1S/C16H26N2O/c1-11(2)18-10-16(6-7-16)8-14-13(4)15(19-5)12(3)9-17-14/h9,11,18H,6-8,10H2,1-5H3. The summed E-state index contributed by atoms with van der Waals surface area (Å²) in [6.07, 6.45) is 5.62. The number of nitrogens with one attached hydrogen (secondary N) is 1. The molecule has 0 amide bonds. The Morgan fingerprint density at radius 2 is 2.05 bits per heavy atom. The second-order valence-corrected chi connectivity index (χ2v) is 6.26. The summed E-state index contributed by atoms with van der Waals surface area (Å²) < 4.78 is 5.49. The number of methoxy groups -OCH3 is 1. The molecule has 1 aliphatic carbocycles. The fourth-order valence-corrected chi connectivity index (χ4v) is 2.62. The van der Waals surface area contributed by atoms with E-state index in [4.69, 9.17) is 4.74 Å². The maximum absolute atomic E-state index is 5.49. The number of nitrogens with zero attached hydrogens (tertiary/aromatic N) is 1. The lowest BCUT2D eigenvalue weighted by Gasteiger charge is -2.20. The monoisotopic (exact) mass is 262 g/mol. The molecule has 1 aliphatic rings. The summed E-state index contributed by atoms with van der Waals surface area (Å²) in [5, 5.41) is 3.57. The molecule has 0 atom stereocenters. The van der Waals surface area contributed by atoms with Crippen molar-refractivity contribution in [3.8, 4) is 5.75 Å². The SMILES string of the molecule is COc1c(C)cnc(CC2(CNC(C)C)CC2)c1C. The number of aromatic nitrogens is 1. The molecule has 0 bridgehead atoms. The lowest BCUT2D eigenvalue weighted by molar-refractivity contribution is 0.401. The van der Waals surface area contributed by atoms with Crippen LogP contribution in [0.4, 0.5) is 0 Å². The zero-order chi connectivity index (χ0) is 14.0. The van der Waals surface area contributed by atoms with Gasteiger partial charge in [-0.2, -0.15) is 0 Å². The maximum atomic E-state index is 5.49. The van der Waals surface area contributed by atoms with Crippen LogP contribution in [0.25, 0.3) is 0 Å². The number of pyridine rings is 1. The highest BCUT2D eigenvalue weighted by molar-refractivity contribution is 5.41. The van der Waals surface area contributed by atoms with Gasteiger partial charge in [-0.05, 0) is 38.5 Å². The van der Waals surface area contributed by atoms with Gasteiger partial charge in [-0.1, -0.05) is 13.8 Å². The first-order valence-electron chi connectivity index (χ1n) is 7.20. The zero-order valence-electron chi connectivity index (χ0n) is 12.8. The highest BCUT2D eigenvalue weighted by Gasteiger charge is 2.43. The maximum Gasteiger partial charge on any atom is 0.128 e. The summed E-state index contributed by atoms with van der Waals surface area (Å²) in [5.41, 5.74) is 3.96. The molecule has 3 nitrogen and oxygen atoms in total. The summed E-state index contributed by atoms with van der Waals surface area (Å²) in [4.78, 5) is 4.63. The van der Waals surface area contributed by atoms with E-state index in [9.17, 15) is 0 Å². The summed E-state index contributed by atoms with van der Waals surface area (Å²) in [7, 11) is 1.74. The van der Waals surface area contributed by atoms with Crippen LogP contribution >= 0.6 is 0 Å². The quantitative estimate of drug-likeness (QED) is 0.855. The van der Waals surface area contributed by atoms with Gasteiger partial charge in [-0.25, -0.2) is 0 Å². The molecular weight excluding hydrogens is 236 g/mol. The molecule has 1 aromatic rings. The second kappa shape index (κ2) is 5.49. The predicted octanol–water partition coefficient (Wildman–Crippen LogP) is 3.03. The van der Waals surface area contributed by atoms with Gasteiger partial charge in [0.15, 0.2) is 0 Å². The van der Waals surface area contributed by atoms with Crippen LogP contribution in [-0.4, -0.2) is 24.7 Å². The van der Waals surface area contributed by atoms with Crippen LogP contribution in [0.5, 0.6) is 5.75 Å². The van der Waals surface area contributed by atoms with Gasteiger partial charge in [-0.15, -0.1) is 0 Å². The third kappa shape index (κ3) is 3.27. The highest BCUT2D eigenvalue weighted by Crippen LogP contribution is 2.48. The van der Waals surface area contributed by atoms with Gasteiger partial charge >= 0.3 is 0 Å². The number of aryl methyl sites for hydroxylation is 1. The molecule has 1 saturated carbocycles. The van der Waals surface area contributed by atoms with E-state index in [0.717, 1.165) is 24.3 Å². The normalized spacial score (nSPS) is 16.7. The summed E-state index contributed by atoms with van der Waals surface area (Å²) >= 11 is 0. The van der Waals surface area contributed by atoms with Crippen molar-refractivity contribution >= 4 is 0 Å². The summed E-state index contributed by atoms with van der Waals surface area (Å²) in [6, 6.07) is 0.555. The number of ether oxygens (including phenoxy) is 1. The molecule has 0 aliphatic heterocycles. The van der Waals surface area contributed by atoms with Crippen LogP contribution < -0.4 is 10.1 Å². The van der Waals surface area contributed by atoms with Gasteiger partial charge in [0.05, 0.1) is 7.11 Å². The molecule has 0 spiro atoms. The van der Waals surface area contributed by atoms with E-state index in [0.29, 0.717) is 11.5 Å². The van der Waals surface area contributed by atoms with E-state index in [1.165, 1.54) is 24.1 Å². The van der Waals surface area contributed by atoms with Crippen LogP contribution in [0.1, 0.15) is 43.5 Å². The lowest BCUT2D eigenvalue weighted by Crippen LogP contribution is -2.31. The van der Waals surface area contributed by atoms with Crippen molar-refractivity contribution in [1.29, 1.82) is 0 Å². The van der Waals surface area contributed by atoms with Gasteiger partial charge in [0, 0.05) is 35.6 Å². The first-order valence-corrected chi connectivity index (χ1v) is 7.20. The molecular formula is C16H26N2O. The molecule has 0 saturated heterocycles. The van der Waals surface area contributed by atoms with E-state index >= 15 is 0 Å². The first kappa shape index (κ1) is 14.3. The number of hydrogen-bond acceptors (Lipinski definition) is 3. The summed E-state index contributed by atoms with van der Waals surface area (Å²) in [6.45, 7) is 9.68. The summed E-state index contributed by atoms with van der Waals surface area (Å²) in [5.74, 6) is 0.998. The Balaban J connectivity index is 2.11. The predicted molar refractivity (Wildman–Crippen MR) is 78.8 cm³/mol. The largest absolute Gasteiger partial charge is 0.496 e. The Bertz CT molecular complexity index is 450. The van der Waals surface area contributed by atoms with E-state index in [1.54, 1.807) is 7.11 Å². The molecule has 0 unspecified atom stereocenters. The minimum Gasteiger partial charge on any atom is -0.496 e. The van der Waals surface area contributed by atoms with Gasteiger partial charge in [0.25, 0.3) is 0 Å². The van der Waals surface area contributed by atoms with Gasteiger partial charge in [0.2, 0.25) is 0 Å². The fraction of sp³-hybridized carbons (Fsp3) is 0.688. The zero-order valence-corrected chi connectivity index (χ0v) is 12.8. The van der Waals surface area contributed by atoms with Crippen LogP contribution in [0.2, 0.25) is 0 Å². The average Bonchev–Trinajstić information content (AvgIpc) is 3.12. The topological polar surface area (TPSA) is 34.1 Å². The van der Waals surface area contributed by atoms with Crippen molar-refractivity contribution in [3.63, 3.8) is 0 Å². The van der Waals surface area contributed by atoms with Gasteiger partial charge in [0.1, 0.15) is 5.75 Å². The van der Waals surface area contributed by atoms with E-state index in [-0.39, 0.29) is 0 Å². The van der Waals surface area contributed by atoms with Gasteiger partial charge < -0.3 is 10.1 Å². The Kier molecular flexibility index (Phi) is 4.14. The van der Waals surface area contributed by atoms with E-state index < -0.39 is 0 Å². The van der Waals surface area contributed by atoms with Crippen molar-refractivity contribution in [2.24, 2.45) is 5.41 Å². The Morgan fingerprint density at radius 3 is 2.58 bits per heavy atom. The van der Waals surface area contributed by atoms with Crippen molar-refractivity contribution in [3.05, 3.63) is 23.0 Å². The molecule has 2 rings (SSSR count). The molecule has 1 N–H and O–H groups in total. The van der Waals surface area contributed by atoms with Crippen LogP contribution in [-0.2, 0) is 6.42 Å². The van der Waals surface area contributed by atoms with Crippen LogP contribution in [0, 0.1) is 19.3 Å².